The summed E-state index contributed by atoms with van der Waals surface area (Å²) in [6.45, 7) is 0. The van der Waals surface area contributed by atoms with Crippen molar-refractivity contribution in [3.63, 3.8) is 0 Å². The Hall–Kier alpha value is -1.56. The quantitative estimate of drug-likeness (QED) is 0.695. The first-order valence-electron chi connectivity index (χ1n) is 4.07. The minimum atomic E-state index is -3.32. The highest BCUT2D eigenvalue weighted by atomic mass is 32.2. The number of nitrogens with zero attached hydrogens (tertiary/aromatic N) is 1. The summed E-state index contributed by atoms with van der Waals surface area (Å²) >= 11 is 0. The van der Waals surface area contributed by atoms with Crippen molar-refractivity contribution in [2.75, 3.05) is 17.6 Å². The maximum absolute atomic E-state index is 11.1. The summed E-state index contributed by atoms with van der Waals surface area (Å²) in [7, 11) is -1.93. The number of sulfonamides is 1. The predicted octanol–water partition coefficient (Wildman–Crippen LogP) is -0.554. The second-order valence-electron chi connectivity index (χ2n) is 3.06. The number of anilines is 1. The van der Waals surface area contributed by atoms with Gasteiger partial charge >= 0.3 is 0 Å². The largest absolute Gasteiger partial charge is 0.545 e. The van der Waals surface area contributed by atoms with Crippen LogP contribution in [0.25, 0.3) is 0 Å². The molecule has 5 nitrogen and oxygen atoms in total. The normalized spacial score (nSPS) is 11.1. The first-order chi connectivity index (χ1) is 6.82. The lowest BCUT2D eigenvalue weighted by Crippen LogP contribution is -2.25. The third-order valence-electron chi connectivity index (χ3n) is 1.96. The van der Waals surface area contributed by atoms with E-state index in [0.29, 0.717) is 5.69 Å². The Balaban J connectivity index is 3.05. The van der Waals surface area contributed by atoms with Gasteiger partial charge in [-0.05, 0) is 17.7 Å². The second kappa shape index (κ2) is 3.90. The Morgan fingerprint density at radius 2 is 1.73 bits per heavy atom. The molecule has 6 heteroatoms. The van der Waals surface area contributed by atoms with Gasteiger partial charge in [-0.25, -0.2) is 8.42 Å². The van der Waals surface area contributed by atoms with Gasteiger partial charge in [0.2, 0.25) is 10.0 Å². The van der Waals surface area contributed by atoms with Crippen molar-refractivity contribution in [2.24, 2.45) is 0 Å². The first kappa shape index (κ1) is 11.5. The van der Waals surface area contributed by atoms with Gasteiger partial charge in [0.1, 0.15) is 0 Å². The van der Waals surface area contributed by atoms with Crippen LogP contribution in [0, 0.1) is 0 Å². The van der Waals surface area contributed by atoms with Crippen LogP contribution in [0.5, 0.6) is 0 Å². The molecule has 0 aliphatic rings. The molecule has 0 heterocycles. The van der Waals surface area contributed by atoms with Gasteiger partial charge in [-0.15, -0.1) is 0 Å². The number of aromatic carboxylic acids is 1. The van der Waals surface area contributed by atoms with E-state index in [9.17, 15) is 18.3 Å². The molecule has 0 unspecified atom stereocenters. The van der Waals surface area contributed by atoms with Gasteiger partial charge in [0.15, 0.2) is 0 Å². The van der Waals surface area contributed by atoms with E-state index in [2.05, 4.69) is 0 Å². The lowest BCUT2D eigenvalue weighted by Gasteiger charge is -2.16. The Morgan fingerprint density at radius 3 is 2.07 bits per heavy atom. The monoisotopic (exact) mass is 228 g/mol. The average Bonchev–Trinajstić information content (AvgIpc) is 2.15. The molecule has 0 aliphatic carbocycles. The Labute approximate surface area is 88.0 Å². The van der Waals surface area contributed by atoms with Crippen LogP contribution in [0.1, 0.15) is 10.4 Å². The number of carbonyl (C=O) groups excluding carboxylic acids is 1. The van der Waals surface area contributed by atoms with Crippen molar-refractivity contribution in [3.05, 3.63) is 29.8 Å². The Morgan fingerprint density at radius 1 is 1.27 bits per heavy atom. The van der Waals surface area contributed by atoms with Crippen molar-refractivity contribution >= 4 is 21.7 Å². The van der Waals surface area contributed by atoms with E-state index in [4.69, 9.17) is 0 Å². The van der Waals surface area contributed by atoms with Gasteiger partial charge in [0.25, 0.3) is 0 Å². The highest BCUT2D eigenvalue weighted by Gasteiger charge is 2.11. The minimum Gasteiger partial charge on any atom is -0.545 e. The zero-order chi connectivity index (χ0) is 11.6. The van der Waals surface area contributed by atoms with E-state index < -0.39 is 16.0 Å². The summed E-state index contributed by atoms with van der Waals surface area (Å²) in [5.41, 5.74) is 0.420. The zero-order valence-corrected chi connectivity index (χ0v) is 9.11. The molecule has 0 bridgehead atoms. The van der Waals surface area contributed by atoms with Crippen LogP contribution in [0.2, 0.25) is 0 Å². The van der Waals surface area contributed by atoms with E-state index >= 15 is 0 Å². The number of carboxylic acid groups (broad SMARTS) is 1. The van der Waals surface area contributed by atoms with Crippen LogP contribution in [-0.4, -0.2) is 27.7 Å². The third kappa shape index (κ3) is 2.69. The van der Waals surface area contributed by atoms with Gasteiger partial charge in [-0.1, -0.05) is 12.1 Å². The van der Waals surface area contributed by atoms with Gasteiger partial charge in [0.05, 0.1) is 17.9 Å². The average molecular weight is 228 g/mol. The summed E-state index contributed by atoms with van der Waals surface area (Å²) in [5, 5.41) is 10.4. The van der Waals surface area contributed by atoms with Crippen LogP contribution < -0.4 is 9.41 Å². The summed E-state index contributed by atoms with van der Waals surface area (Å²) in [5.74, 6) is -1.29. The molecule has 0 saturated carbocycles. The molecule has 0 spiro atoms. The van der Waals surface area contributed by atoms with E-state index in [1.807, 2.05) is 0 Å². The summed E-state index contributed by atoms with van der Waals surface area (Å²) < 4.78 is 23.4. The molecule has 0 amide bonds. The minimum absolute atomic E-state index is 0.0145. The molecule has 0 radical (unpaired) electrons. The molecule has 0 N–H and O–H groups in total. The number of hydrogen-bond donors (Lipinski definition) is 0. The number of carboxylic acids is 1. The van der Waals surface area contributed by atoms with Crippen molar-refractivity contribution in [1.29, 1.82) is 0 Å². The number of benzene rings is 1. The van der Waals surface area contributed by atoms with Crippen LogP contribution in [-0.2, 0) is 10.0 Å². The van der Waals surface area contributed by atoms with Crippen molar-refractivity contribution in [2.45, 2.75) is 0 Å². The maximum Gasteiger partial charge on any atom is 0.231 e. The molecule has 0 aromatic heterocycles. The van der Waals surface area contributed by atoms with Crippen molar-refractivity contribution in [3.8, 4) is 0 Å². The fraction of sp³-hybridized carbons (Fsp3) is 0.222. The SMILES string of the molecule is CN(c1ccc(C(=O)[O-])cc1)S(C)(=O)=O. The van der Waals surface area contributed by atoms with E-state index in [-0.39, 0.29) is 5.56 Å². The molecule has 0 atom stereocenters. The molecule has 82 valence electrons. The third-order valence-corrected chi connectivity index (χ3v) is 3.17. The number of rotatable bonds is 3. The van der Waals surface area contributed by atoms with E-state index in [1.165, 1.54) is 31.3 Å². The molecule has 1 aromatic carbocycles. The molecule has 1 rings (SSSR count). The predicted molar refractivity (Wildman–Crippen MR) is 54.0 cm³/mol. The van der Waals surface area contributed by atoms with Crippen LogP contribution in [0.4, 0.5) is 5.69 Å². The molecule has 1 aromatic rings. The molecule has 0 aliphatic heterocycles. The fourth-order valence-electron chi connectivity index (χ4n) is 0.999. The maximum atomic E-state index is 11.1. The van der Waals surface area contributed by atoms with Gasteiger partial charge < -0.3 is 9.90 Å². The van der Waals surface area contributed by atoms with E-state index in [1.54, 1.807) is 0 Å². The summed E-state index contributed by atoms with van der Waals surface area (Å²) in [6.07, 6.45) is 1.07. The van der Waals surface area contributed by atoms with Crippen LogP contribution in [0.3, 0.4) is 0 Å². The Kier molecular flexibility index (Phi) is 2.99. The lowest BCUT2D eigenvalue weighted by atomic mass is 10.2. The molecular formula is C9H10NO4S-. The summed E-state index contributed by atoms with van der Waals surface area (Å²) in [4.78, 5) is 10.4. The zero-order valence-electron chi connectivity index (χ0n) is 8.30. The summed E-state index contributed by atoms with van der Waals surface area (Å²) in [6, 6.07) is 5.41. The highest BCUT2D eigenvalue weighted by Crippen LogP contribution is 2.15. The first-order valence-corrected chi connectivity index (χ1v) is 5.92. The standard InChI is InChI=1S/C9H11NO4S/c1-10(15(2,13)14)8-5-3-7(4-6-8)9(11)12/h3-6H,1-2H3,(H,11,12)/p-1. The molecular weight excluding hydrogens is 218 g/mol. The second-order valence-corrected chi connectivity index (χ2v) is 5.08. The molecule has 0 fully saturated rings. The van der Waals surface area contributed by atoms with Crippen molar-refractivity contribution in [1.82, 2.24) is 0 Å². The number of hydrogen-bond acceptors (Lipinski definition) is 4. The number of carbonyl (C=O) groups is 1. The molecule has 15 heavy (non-hydrogen) atoms. The van der Waals surface area contributed by atoms with Gasteiger partial charge in [0, 0.05) is 7.05 Å². The topological polar surface area (TPSA) is 77.5 Å². The van der Waals surface area contributed by atoms with Crippen LogP contribution in [0.15, 0.2) is 24.3 Å². The van der Waals surface area contributed by atoms with Crippen LogP contribution >= 0.6 is 0 Å². The van der Waals surface area contributed by atoms with Crippen molar-refractivity contribution < 1.29 is 18.3 Å². The van der Waals surface area contributed by atoms with Gasteiger partial charge in [-0.3, -0.25) is 4.31 Å². The molecule has 0 saturated heterocycles. The van der Waals surface area contributed by atoms with E-state index in [0.717, 1.165) is 10.6 Å². The van der Waals surface area contributed by atoms with Gasteiger partial charge in [-0.2, -0.15) is 0 Å². The Bertz CT molecular complexity index is 463. The lowest BCUT2D eigenvalue weighted by molar-refractivity contribution is -0.255. The fourth-order valence-corrected chi connectivity index (χ4v) is 1.50. The highest BCUT2D eigenvalue weighted by molar-refractivity contribution is 7.92. The smallest absolute Gasteiger partial charge is 0.231 e.